The number of rotatable bonds is 4. The zero-order chi connectivity index (χ0) is 17.7. The van der Waals surface area contributed by atoms with Crippen molar-refractivity contribution in [1.29, 1.82) is 0 Å². The molecule has 130 valence electrons. The molecule has 0 aliphatic carbocycles. The Kier molecular flexibility index (Phi) is 5.78. The summed E-state index contributed by atoms with van der Waals surface area (Å²) in [7, 11) is 1.51. The number of carbonyl (C=O) groups excluding carboxylic acids is 3. The van der Waals surface area contributed by atoms with Gasteiger partial charge in [0, 0.05) is 12.7 Å². The van der Waals surface area contributed by atoms with Crippen molar-refractivity contribution in [3.05, 3.63) is 29.8 Å². The van der Waals surface area contributed by atoms with Gasteiger partial charge in [-0.05, 0) is 17.5 Å². The highest BCUT2D eigenvalue weighted by molar-refractivity contribution is 5.99. The van der Waals surface area contributed by atoms with Gasteiger partial charge in [0.15, 0.2) is 0 Å². The molecule has 0 saturated heterocycles. The van der Waals surface area contributed by atoms with E-state index in [0.717, 1.165) is 17.7 Å². The minimum Gasteiger partial charge on any atom is -0.358 e. The summed E-state index contributed by atoms with van der Waals surface area (Å²) < 4.78 is 0. The molecule has 4 amide bonds. The summed E-state index contributed by atoms with van der Waals surface area (Å²) >= 11 is 0. The molecule has 0 spiro atoms. The van der Waals surface area contributed by atoms with Gasteiger partial charge >= 0.3 is 6.03 Å². The van der Waals surface area contributed by atoms with E-state index in [-0.39, 0.29) is 24.3 Å². The number of fused-ring (bicyclic) bond motifs is 1. The van der Waals surface area contributed by atoms with Crippen molar-refractivity contribution < 1.29 is 14.4 Å². The molecule has 1 heterocycles. The maximum atomic E-state index is 12.7. The molecule has 2 atom stereocenters. The number of nitrogens with one attached hydrogen (secondary N) is 3. The Morgan fingerprint density at radius 1 is 1.38 bits per heavy atom. The van der Waals surface area contributed by atoms with Crippen molar-refractivity contribution in [2.24, 2.45) is 5.92 Å². The minimum absolute atomic E-state index is 0.00920. The van der Waals surface area contributed by atoms with Crippen molar-refractivity contribution >= 4 is 23.5 Å². The van der Waals surface area contributed by atoms with Gasteiger partial charge in [-0.1, -0.05) is 38.5 Å². The van der Waals surface area contributed by atoms with Crippen LogP contribution in [-0.4, -0.2) is 42.4 Å². The Balaban J connectivity index is 2.29. The smallest absolute Gasteiger partial charge is 0.318 e. The van der Waals surface area contributed by atoms with E-state index in [1.54, 1.807) is 0 Å². The molecule has 1 aliphatic rings. The van der Waals surface area contributed by atoms with Crippen molar-refractivity contribution in [2.75, 3.05) is 18.9 Å². The fourth-order valence-electron chi connectivity index (χ4n) is 2.74. The molecule has 0 radical (unpaired) electrons. The van der Waals surface area contributed by atoms with Crippen LogP contribution in [-0.2, 0) is 16.1 Å². The number of amides is 4. The zero-order valence-corrected chi connectivity index (χ0v) is 14.3. The van der Waals surface area contributed by atoms with Gasteiger partial charge in [0.1, 0.15) is 6.04 Å². The lowest BCUT2D eigenvalue weighted by Gasteiger charge is -2.32. The summed E-state index contributed by atoms with van der Waals surface area (Å²) in [6, 6.07) is 6.41. The Bertz CT molecular complexity index is 632. The first-order valence-corrected chi connectivity index (χ1v) is 8.11. The largest absolute Gasteiger partial charge is 0.358 e. The van der Waals surface area contributed by atoms with Crippen LogP contribution < -0.4 is 16.0 Å². The quantitative estimate of drug-likeness (QED) is 0.776. The lowest BCUT2D eigenvalue weighted by Crippen LogP contribution is -2.53. The van der Waals surface area contributed by atoms with Gasteiger partial charge in [-0.3, -0.25) is 9.59 Å². The van der Waals surface area contributed by atoms with E-state index < -0.39 is 12.1 Å². The second-order valence-electron chi connectivity index (χ2n) is 5.94. The highest BCUT2D eigenvalue weighted by Crippen LogP contribution is 2.27. The first-order chi connectivity index (χ1) is 11.5. The number of hydrogen-bond acceptors (Lipinski definition) is 3. The van der Waals surface area contributed by atoms with Gasteiger partial charge in [0.05, 0.1) is 13.1 Å². The van der Waals surface area contributed by atoms with Crippen LogP contribution in [0.1, 0.15) is 25.8 Å². The molecule has 0 bridgehead atoms. The highest BCUT2D eigenvalue weighted by Gasteiger charge is 2.36. The van der Waals surface area contributed by atoms with Gasteiger partial charge in [0.2, 0.25) is 11.8 Å². The van der Waals surface area contributed by atoms with E-state index in [1.807, 2.05) is 38.1 Å². The number of benzene rings is 1. The van der Waals surface area contributed by atoms with E-state index in [1.165, 1.54) is 11.9 Å². The van der Waals surface area contributed by atoms with Crippen LogP contribution in [0.15, 0.2) is 24.3 Å². The maximum Gasteiger partial charge on any atom is 0.318 e. The number of carbonyl (C=O) groups is 3. The Morgan fingerprint density at radius 2 is 2.08 bits per heavy atom. The number of likely N-dealkylation sites (N-methyl/N-ethyl adjacent to an activating group) is 1. The standard InChI is InChI=1S/C17H24N4O3/c1-4-11(2)15-16(23)20-13-8-6-5-7-12(13)10-21(15)17(24)19-9-14(22)18-3/h5-8,11,15H,4,9-10H2,1-3H3,(H,18,22)(H,19,24)(H,20,23)/t11-,15-/m0/s1. The van der Waals surface area contributed by atoms with Crippen LogP contribution in [0.25, 0.3) is 0 Å². The molecule has 1 aromatic rings. The molecular weight excluding hydrogens is 308 g/mol. The molecule has 2 rings (SSSR count). The van der Waals surface area contributed by atoms with Crippen molar-refractivity contribution in [3.8, 4) is 0 Å². The molecule has 1 aromatic carbocycles. The molecular formula is C17H24N4O3. The van der Waals surface area contributed by atoms with E-state index in [2.05, 4.69) is 16.0 Å². The fraction of sp³-hybridized carbons (Fsp3) is 0.471. The summed E-state index contributed by atoms with van der Waals surface area (Å²) in [5, 5.41) is 7.95. The Labute approximate surface area is 141 Å². The third-order valence-corrected chi connectivity index (χ3v) is 4.34. The number of para-hydroxylation sites is 1. The molecule has 7 heteroatoms. The predicted octanol–water partition coefficient (Wildman–Crippen LogP) is 1.31. The molecule has 0 unspecified atom stereocenters. The second kappa shape index (κ2) is 7.81. The Hall–Kier alpha value is -2.57. The maximum absolute atomic E-state index is 12.7. The van der Waals surface area contributed by atoms with E-state index in [9.17, 15) is 14.4 Å². The van der Waals surface area contributed by atoms with Crippen molar-refractivity contribution in [1.82, 2.24) is 15.5 Å². The predicted molar refractivity (Wildman–Crippen MR) is 91.3 cm³/mol. The van der Waals surface area contributed by atoms with Crippen LogP contribution in [0.5, 0.6) is 0 Å². The summed E-state index contributed by atoms with van der Waals surface area (Å²) in [5.41, 5.74) is 1.59. The second-order valence-corrected chi connectivity index (χ2v) is 5.94. The molecule has 3 N–H and O–H groups in total. The van der Waals surface area contributed by atoms with E-state index in [0.29, 0.717) is 6.54 Å². The first-order valence-electron chi connectivity index (χ1n) is 8.11. The van der Waals surface area contributed by atoms with Gasteiger partial charge in [-0.15, -0.1) is 0 Å². The molecule has 0 aromatic heterocycles. The normalized spacial score (nSPS) is 18.0. The van der Waals surface area contributed by atoms with Crippen LogP contribution >= 0.6 is 0 Å². The minimum atomic E-state index is -0.591. The van der Waals surface area contributed by atoms with E-state index >= 15 is 0 Å². The number of urea groups is 1. The van der Waals surface area contributed by atoms with E-state index in [4.69, 9.17) is 0 Å². The topological polar surface area (TPSA) is 90.5 Å². The highest BCUT2D eigenvalue weighted by atomic mass is 16.2. The third kappa shape index (κ3) is 3.84. The summed E-state index contributed by atoms with van der Waals surface area (Å²) in [4.78, 5) is 38.2. The van der Waals surface area contributed by atoms with Gasteiger partial charge in [0.25, 0.3) is 0 Å². The summed E-state index contributed by atoms with van der Waals surface area (Å²) in [6.45, 7) is 4.11. The monoisotopic (exact) mass is 332 g/mol. The lowest BCUT2D eigenvalue weighted by atomic mass is 9.97. The summed E-state index contributed by atoms with van der Waals surface area (Å²) in [5.74, 6) is -0.502. The number of hydrogen-bond donors (Lipinski definition) is 3. The average Bonchev–Trinajstić information content (AvgIpc) is 2.74. The zero-order valence-electron chi connectivity index (χ0n) is 14.3. The summed E-state index contributed by atoms with van der Waals surface area (Å²) in [6.07, 6.45) is 0.758. The lowest BCUT2D eigenvalue weighted by molar-refractivity contribution is -0.121. The molecule has 7 nitrogen and oxygen atoms in total. The third-order valence-electron chi connectivity index (χ3n) is 4.34. The van der Waals surface area contributed by atoms with Crippen LogP contribution in [0, 0.1) is 5.92 Å². The SMILES string of the molecule is CC[C@H](C)[C@H]1C(=O)Nc2ccccc2CN1C(=O)NCC(=O)NC. The van der Waals surface area contributed by atoms with Crippen LogP contribution in [0.2, 0.25) is 0 Å². The van der Waals surface area contributed by atoms with Gasteiger partial charge in [-0.25, -0.2) is 4.79 Å². The first kappa shape index (κ1) is 17.8. The van der Waals surface area contributed by atoms with Gasteiger partial charge < -0.3 is 20.9 Å². The fourth-order valence-corrected chi connectivity index (χ4v) is 2.74. The number of anilines is 1. The number of nitrogens with zero attached hydrogens (tertiary/aromatic N) is 1. The molecule has 1 aliphatic heterocycles. The molecule has 0 fully saturated rings. The molecule has 24 heavy (non-hydrogen) atoms. The van der Waals surface area contributed by atoms with Crippen molar-refractivity contribution in [3.63, 3.8) is 0 Å². The van der Waals surface area contributed by atoms with Gasteiger partial charge in [-0.2, -0.15) is 0 Å². The van der Waals surface area contributed by atoms with Crippen LogP contribution in [0.4, 0.5) is 10.5 Å². The average molecular weight is 332 g/mol. The molecule has 0 saturated carbocycles. The Morgan fingerprint density at radius 3 is 2.75 bits per heavy atom. The van der Waals surface area contributed by atoms with Crippen molar-refractivity contribution in [2.45, 2.75) is 32.9 Å². The van der Waals surface area contributed by atoms with Crippen LogP contribution in [0.3, 0.4) is 0 Å².